The molecular formula is C13H18BrN3O7. The van der Waals surface area contributed by atoms with Crippen LogP contribution in [0, 0.1) is 20.2 Å². The van der Waals surface area contributed by atoms with Crippen LogP contribution in [0.25, 0.3) is 0 Å². The Labute approximate surface area is 145 Å². The number of carbonyl (C=O) groups excluding carboxylic acids is 1. The molecular weight excluding hydrogens is 390 g/mol. The zero-order valence-electron chi connectivity index (χ0n) is 13.1. The number of hydroxylamine groups is 2. The summed E-state index contributed by atoms with van der Waals surface area (Å²) in [7, 11) is 0. The summed E-state index contributed by atoms with van der Waals surface area (Å²) in [5, 5.41) is 23.4. The molecule has 11 heteroatoms. The molecule has 3 rings (SSSR count). The van der Waals surface area contributed by atoms with E-state index in [2.05, 4.69) is 15.9 Å². The lowest BCUT2D eigenvalue weighted by molar-refractivity contribution is -0.853. The molecule has 0 bridgehead atoms. The molecule has 3 aliphatic rings. The number of hydrogen-bond donors (Lipinski definition) is 0. The van der Waals surface area contributed by atoms with E-state index in [0.717, 1.165) is 25.7 Å². The summed E-state index contributed by atoms with van der Waals surface area (Å²) in [6, 6.07) is 0. The number of ketones is 1. The molecule has 2 aliphatic carbocycles. The number of halogens is 1. The molecule has 1 heterocycles. The maximum absolute atomic E-state index is 11.6. The molecule has 1 atom stereocenters. The average Bonchev–Trinajstić information content (AvgIpc) is 2.81. The van der Waals surface area contributed by atoms with E-state index >= 15 is 0 Å². The van der Waals surface area contributed by atoms with Crippen LogP contribution in [0.4, 0.5) is 0 Å². The van der Waals surface area contributed by atoms with Gasteiger partial charge in [0.05, 0.1) is 9.55 Å². The van der Waals surface area contributed by atoms with Crippen LogP contribution in [0.15, 0.2) is 0 Å². The molecule has 0 amide bonds. The normalized spacial score (nSPS) is 30.2. The maximum Gasteiger partial charge on any atom is 0.569 e. The van der Waals surface area contributed by atoms with Gasteiger partial charge in [0.15, 0.2) is 11.9 Å². The number of Topliss-reactive ketones (excluding diaryl/α,β-unsaturated/α-hetero) is 1. The second-order valence-electron chi connectivity index (χ2n) is 6.71. The van der Waals surface area contributed by atoms with Crippen LogP contribution in [-0.2, 0) is 14.5 Å². The SMILES string of the molecule is CC(=O)C1CC([N+](=O)[O-])([N+](=O)[O-])N(OC2(C3(Br)CCC3)CCC2)O1. The zero-order valence-corrected chi connectivity index (χ0v) is 14.7. The van der Waals surface area contributed by atoms with E-state index in [1.54, 1.807) is 0 Å². The standard InChI is InChI=1S/C13H18BrN3O7/c1-9(18)10-8-13(15(19)20,16(21)22)17(23-10)24-12(6-3-7-12)11(14)4-2-5-11/h10H,2-8H2,1H3. The topological polar surface area (TPSA) is 125 Å². The van der Waals surface area contributed by atoms with Gasteiger partial charge in [-0.1, -0.05) is 22.4 Å². The Morgan fingerprint density at radius 1 is 1.21 bits per heavy atom. The first-order chi connectivity index (χ1) is 11.2. The van der Waals surface area contributed by atoms with E-state index in [-0.39, 0.29) is 4.32 Å². The van der Waals surface area contributed by atoms with Crippen molar-refractivity contribution in [1.82, 2.24) is 5.23 Å². The molecule has 10 nitrogen and oxygen atoms in total. The molecule has 2 saturated carbocycles. The molecule has 0 spiro atoms. The van der Waals surface area contributed by atoms with Crippen molar-refractivity contribution in [2.75, 3.05) is 0 Å². The van der Waals surface area contributed by atoms with Gasteiger partial charge in [-0.25, -0.2) is 0 Å². The largest absolute Gasteiger partial charge is 0.569 e. The number of carbonyl (C=O) groups is 1. The first kappa shape index (κ1) is 17.6. The third-order valence-electron chi connectivity index (χ3n) is 5.39. The lowest BCUT2D eigenvalue weighted by Crippen LogP contribution is -2.66. The Hall–Kier alpha value is -1.17. The van der Waals surface area contributed by atoms with Gasteiger partial charge in [-0.2, -0.15) is 0 Å². The van der Waals surface area contributed by atoms with E-state index in [9.17, 15) is 25.0 Å². The molecule has 0 aromatic rings. The number of rotatable bonds is 6. The average molecular weight is 408 g/mol. The minimum Gasteiger partial charge on any atom is -0.297 e. The van der Waals surface area contributed by atoms with Crippen molar-refractivity contribution < 1.29 is 24.3 Å². The predicted octanol–water partition coefficient (Wildman–Crippen LogP) is 1.96. The molecule has 0 aromatic heterocycles. The zero-order chi connectivity index (χ0) is 17.8. The van der Waals surface area contributed by atoms with E-state index in [1.807, 2.05) is 0 Å². The van der Waals surface area contributed by atoms with Crippen molar-refractivity contribution in [2.24, 2.45) is 0 Å². The third kappa shape index (κ3) is 2.29. The molecule has 24 heavy (non-hydrogen) atoms. The summed E-state index contributed by atoms with van der Waals surface area (Å²) in [6.07, 6.45) is 2.77. The Morgan fingerprint density at radius 2 is 1.75 bits per heavy atom. The minimum absolute atomic E-state index is 0.366. The van der Waals surface area contributed by atoms with Crippen LogP contribution < -0.4 is 0 Å². The second-order valence-corrected chi connectivity index (χ2v) is 8.23. The quantitative estimate of drug-likeness (QED) is 0.283. The Bertz CT molecular complexity index is 576. The summed E-state index contributed by atoms with van der Waals surface area (Å²) < 4.78 is -0.366. The van der Waals surface area contributed by atoms with Gasteiger partial charge in [0, 0.05) is 0 Å². The minimum atomic E-state index is -2.81. The van der Waals surface area contributed by atoms with Gasteiger partial charge in [0.25, 0.3) is 0 Å². The molecule has 1 aliphatic heterocycles. The maximum atomic E-state index is 11.6. The molecule has 3 fully saturated rings. The molecule has 1 unspecified atom stereocenters. The van der Waals surface area contributed by atoms with Gasteiger partial charge in [0.2, 0.25) is 0 Å². The van der Waals surface area contributed by atoms with Crippen LogP contribution >= 0.6 is 15.9 Å². The van der Waals surface area contributed by atoms with Gasteiger partial charge in [0.1, 0.15) is 21.9 Å². The van der Waals surface area contributed by atoms with Gasteiger partial charge in [-0.05, 0) is 39.0 Å². The number of alkyl halides is 1. The van der Waals surface area contributed by atoms with E-state index in [4.69, 9.17) is 9.68 Å². The van der Waals surface area contributed by atoms with Crippen LogP contribution in [0.3, 0.4) is 0 Å². The van der Waals surface area contributed by atoms with Crippen molar-refractivity contribution >= 4 is 21.7 Å². The first-order valence-corrected chi connectivity index (χ1v) is 8.61. The van der Waals surface area contributed by atoms with Gasteiger partial charge >= 0.3 is 5.79 Å². The number of nitrogens with zero attached hydrogens (tertiary/aromatic N) is 3. The highest BCUT2D eigenvalue weighted by molar-refractivity contribution is 9.10. The Kier molecular flexibility index (Phi) is 4.18. The summed E-state index contributed by atoms with van der Waals surface area (Å²) in [6.45, 7) is 1.18. The second kappa shape index (κ2) is 5.68. The van der Waals surface area contributed by atoms with Gasteiger partial charge in [-0.3, -0.25) is 34.7 Å². The van der Waals surface area contributed by atoms with Crippen LogP contribution in [0.2, 0.25) is 0 Å². The van der Waals surface area contributed by atoms with E-state index in [0.29, 0.717) is 18.1 Å². The molecule has 0 radical (unpaired) electrons. The van der Waals surface area contributed by atoms with Gasteiger partial charge < -0.3 is 0 Å². The number of hydrogen-bond acceptors (Lipinski definition) is 8. The van der Waals surface area contributed by atoms with Gasteiger partial charge in [-0.15, -0.1) is 0 Å². The van der Waals surface area contributed by atoms with E-state index < -0.39 is 39.5 Å². The first-order valence-electron chi connectivity index (χ1n) is 7.81. The molecule has 0 N–H and O–H groups in total. The van der Waals surface area contributed by atoms with Crippen molar-refractivity contribution in [1.29, 1.82) is 0 Å². The summed E-state index contributed by atoms with van der Waals surface area (Å²) >= 11 is 3.65. The summed E-state index contributed by atoms with van der Waals surface area (Å²) in [5.74, 6) is -3.33. The lowest BCUT2D eigenvalue weighted by Gasteiger charge is -2.56. The summed E-state index contributed by atoms with van der Waals surface area (Å²) in [5.41, 5.74) is -0.784. The fourth-order valence-corrected chi connectivity index (χ4v) is 4.47. The van der Waals surface area contributed by atoms with Crippen LogP contribution in [0.1, 0.15) is 51.9 Å². The van der Waals surface area contributed by atoms with Crippen molar-refractivity contribution in [3.8, 4) is 0 Å². The monoisotopic (exact) mass is 407 g/mol. The molecule has 134 valence electrons. The fourth-order valence-electron chi connectivity index (χ4n) is 3.44. The van der Waals surface area contributed by atoms with Crippen LogP contribution in [-0.4, -0.2) is 42.7 Å². The highest BCUT2D eigenvalue weighted by atomic mass is 79.9. The highest BCUT2D eigenvalue weighted by Crippen LogP contribution is 2.59. The van der Waals surface area contributed by atoms with E-state index in [1.165, 1.54) is 6.92 Å². The predicted molar refractivity (Wildman–Crippen MR) is 81.9 cm³/mol. The third-order valence-corrected chi connectivity index (χ3v) is 6.91. The fraction of sp³-hybridized carbons (Fsp3) is 0.923. The number of nitro groups is 2. The van der Waals surface area contributed by atoms with Crippen molar-refractivity contribution in [2.45, 2.75) is 73.7 Å². The smallest absolute Gasteiger partial charge is 0.297 e. The Balaban J connectivity index is 1.92. The Morgan fingerprint density at radius 3 is 2.08 bits per heavy atom. The van der Waals surface area contributed by atoms with Crippen molar-refractivity contribution in [3.63, 3.8) is 0 Å². The molecule has 0 aromatic carbocycles. The van der Waals surface area contributed by atoms with Crippen molar-refractivity contribution in [3.05, 3.63) is 20.2 Å². The summed E-state index contributed by atoms with van der Waals surface area (Å²) in [4.78, 5) is 43.5. The highest BCUT2D eigenvalue weighted by Gasteiger charge is 2.74. The van der Waals surface area contributed by atoms with Crippen LogP contribution in [0.5, 0.6) is 0 Å². The molecule has 1 saturated heterocycles. The lowest BCUT2D eigenvalue weighted by atomic mass is 9.63.